The third-order valence-corrected chi connectivity index (χ3v) is 4.89. The average molecular weight is 353 g/mol. The second-order valence-electron chi connectivity index (χ2n) is 7.11. The van der Waals surface area contributed by atoms with Crippen LogP contribution in [0.15, 0.2) is 48.5 Å². The number of rotatable bonds is 4. The number of anilines is 1. The number of nitrogens with zero attached hydrogens (tertiary/aromatic N) is 3. The van der Waals surface area contributed by atoms with E-state index in [9.17, 15) is 9.90 Å². The van der Waals surface area contributed by atoms with Gasteiger partial charge in [-0.3, -0.25) is 9.69 Å². The van der Waals surface area contributed by atoms with Crippen LogP contribution < -0.4 is 4.90 Å². The molecule has 1 heterocycles. The number of likely N-dealkylation sites (N-methyl/N-ethyl adjacent to an activating group) is 1. The second-order valence-corrected chi connectivity index (χ2v) is 7.11. The van der Waals surface area contributed by atoms with Crippen molar-refractivity contribution in [1.29, 1.82) is 0 Å². The molecule has 1 aliphatic rings. The zero-order valence-corrected chi connectivity index (χ0v) is 15.7. The minimum atomic E-state index is -0.262. The van der Waals surface area contributed by atoms with E-state index in [4.69, 9.17) is 0 Å². The van der Waals surface area contributed by atoms with Crippen LogP contribution >= 0.6 is 0 Å². The quantitative estimate of drug-likeness (QED) is 0.918. The van der Waals surface area contributed by atoms with Crippen LogP contribution in [-0.2, 0) is 4.79 Å². The molecular weight excluding hydrogens is 326 g/mol. The molecule has 0 aliphatic carbocycles. The van der Waals surface area contributed by atoms with Crippen LogP contribution in [0.5, 0.6) is 5.75 Å². The number of phenols is 1. The summed E-state index contributed by atoms with van der Waals surface area (Å²) in [6, 6.07) is 15.2. The monoisotopic (exact) mass is 353 g/mol. The van der Waals surface area contributed by atoms with Crippen LogP contribution in [0.3, 0.4) is 0 Å². The number of hydrogen-bond donors (Lipinski definition) is 1. The number of aromatic hydroxyl groups is 1. The molecule has 0 radical (unpaired) electrons. The van der Waals surface area contributed by atoms with Crippen LogP contribution in [0.2, 0.25) is 0 Å². The molecular formula is C21H27N3O2. The Morgan fingerprint density at radius 1 is 1.04 bits per heavy atom. The highest BCUT2D eigenvalue weighted by Gasteiger charge is 2.30. The molecule has 2 aromatic rings. The van der Waals surface area contributed by atoms with E-state index in [-0.39, 0.29) is 17.7 Å². The van der Waals surface area contributed by atoms with E-state index in [1.54, 1.807) is 12.1 Å². The van der Waals surface area contributed by atoms with Gasteiger partial charge in [-0.2, -0.15) is 0 Å². The lowest BCUT2D eigenvalue weighted by Gasteiger charge is -2.38. The number of piperazine rings is 1. The molecule has 5 nitrogen and oxygen atoms in total. The van der Waals surface area contributed by atoms with Gasteiger partial charge in [0.25, 0.3) is 0 Å². The van der Waals surface area contributed by atoms with Crippen LogP contribution in [0.1, 0.15) is 17.2 Å². The number of benzene rings is 2. The highest BCUT2D eigenvalue weighted by atomic mass is 16.3. The zero-order valence-electron chi connectivity index (χ0n) is 15.7. The molecule has 3 rings (SSSR count). The first-order chi connectivity index (χ1) is 12.5. The third kappa shape index (κ3) is 3.99. The SMILES string of the molecule is Cc1cccc(C(C(=O)N2CCN(c3cccc(O)c3)CC2)N(C)C)c1. The van der Waals surface area contributed by atoms with Gasteiger partial charge in [-0.25, -0.2) is 0 Å². The Kier molecular flexibility index (Phi) is 5.47. The highest BCUT2D eigenvalue weighted by molar-refractivity contribution is 5.83. The number of carbonyl (C=O) groups is 1. The van der Waals surface area contributed by atoms with Gasteiger partial charge in [0.05, 0.1) is 0 Å². The normalized spacial score (nSPS) is 16.0. The summed E-state index contributed by atoms with van der Waals surface area (Å²) < 4.78 is 0. The molecule has 0 saturated carbocycles. The first kappa shape index (κ1) is 18.3. The van der Waals surface area contributed by atoms with E-state index >= 15 is 0 Å². The fourth-order valence-corrected chi connectivity index (χ4v) is 3.55. The fourth-order valence-electron chi connectivity index (χ4n) is 3.55. The standard InChI is InChI=1S/C21H27N3O2/c1-16-6-4-7-17(14-16)20(22(2)3)21(26)24-12-10-23(11-13-24)18-8-5-9-19(25)15-18/h4-9,14-15,20,25H,10-13H2,1-3H3. The minimum absolute atomic E-state index is 0.149. The van der Waals surface area contributed by atoms with Gasteiger partial charge in [-0.15, -0.1) is 0 Å². The van der Waals surface area contributed by atoms with Gasteiger partial charge in [0.1, 0.15) is 11.8 Å². The molecule has 1 atom stereocenters. The Labute approximate surface area is 155 Å². The molecule has 1 aliphatic heterocycles. The molecule has 1 N–H and O–H groups in total. The first-order valence-corrected chi connectivity index (χ1v) is 9.01. The van der Waals surface area contributed by atoms with Crippen molar-refractivity contribution in [3.8, 4) is 5.75 Å². The Balaban J connectivity index is 1.70. The predicted molar refractivity (Wildman–Crippen MR) is 105 cm³/mol. The van der Waals surface area contributed by atoms with E-state index < -0.39 is 0 Å². The van der Waals surface area contributed by atoms with E-state index in [0.29, 0.717) is 13.1 Å². The maximum Gasteiger partial charge on any atom is 0.244 e. The molecule has 0 aromatic heterocycles. The Bertz CT molecular complexity index is 767. The lowest BCUT2D eigenvalue weighted by atomic mass is 10.0. The average Bonchev–Trinajstić information content (AvgIpc) is 2.62. The molecule has 26 heavy (non-hydrogen) atoms. The lowest BCUT2D eigenvalue weighted by molar-refractivity contribution is -0.136. The molecule has 1 fully saturated rings. The highest BCUT2D eigenvalue weighted by Crippen LogP contribution is 2.25. The van der Waals surface area contributed by atoms with Crippen LogP contribution in [0.4, 0.5) is 5.69 Å². The van der Waals surface area contributed by atoms with E-state index in [2.05, 4.69) is 24.0 Å². The van der Waals surface area contributed by atoms with Crippen LogP contribution in [-0.4, -0.2) is 61.1 Å². The second kappa shape index (κ2) is 7.79. The van der Waals surface area contributed by atoms with Crippen molar-refractivity contribution in [2.45, 2.75) is 13.0 Å². The van der Waals surface area contributed by atoms with Crippen molar-refractivity contribution in [3.63, 3.8) is 0 Å². The van der Waals surface area contributed by atoms with Gasteiger partial charge in [-0.05, 0) is 38.7 Å². The Morgan fingerprint density at radius 3 is 2.35 bits per heavy atom. The summed E-state index contributed by atoms with van der Waals surface area (Å²) in [5.41, 5.74) is 3.20. The predicted octanol–water partition coefficient (Wildman–Crippen LogP) is 2.65. The van der Waals surface area contributed by atoms with Gasteiger partial charge in [0, 0.05) is 37.9 Å². The summed E-state index contributed by atoms with van der Waals surface area (Å²) in [7, 11) is 3.90. The van der Waals surface area contributed by atoms with E-state index in [1.807, 2.05) is 48.2 Å². The summed E-state index contributed by atoms with van der Waals surface area (Å²) in [6.07, 6.45) is 0. The molecule has 0 bridgehead atoms. The van der Waals surface area contributed by atoms with Crippen molar-refractivity contribution in [3.05, 3.63) is 59.7 Å². The van der Waals surface area contributed by atoms with Gasteiger partial charge < -0.3 is 14.9 Å². The number of aryl methyl sites for hydroxylation is 1. The van der Waals surface area contributed by atoms with Gasteiger partial charge in [0.15, 0.2) is 0 Å². The minimum Gasteiger partial charge on any atom is -0.508 e. The summed E-state index contributed by atoms with van der Waals surface area (Å²) in [5.74, 6) is 0.421. The van der Waals surface area contributed by atoms with Crippen molar-refractivity contribution in [1.82, 2.24) is 9.80 Å². The smallest absolute Gasteiger partial charge is 0.244 e. The number of hydrogen-bond acceptors (Lipinski definition) is 4. The first-order valence-electron chi connectivity index (χ1n) is 9.01. The summed E-state index contributed by atoms with van der Waals surface area (Å²) in [5, 5.41) is 9.67. The molecule has 2 aromatic carbocycles. The lowest BCUT2D eigenvalue weighted by Crippen LogP contribution is -2.51. The Morgan fingerprint density at radius 2 is 1.73 bits per heavy atom. The van der Waals surface area contributed by atoms with Gasteiger partial charge in [0.2, 0.25) is 5.91 Å². The van der Waals surface area contributed by atoms with Crippen molar-refractivity contribution < 1.29 is 9.90 Å². The number of carbonyl (C=O) groups excluding carboxylic acids is 1. The molecule has 0 spiro atoms. The van der Waals surface area contributed by atoms with Crippen LogP contribution in [0, 0.1) is 6.92 Å². The molecule has 1 saturated heterocycles. The fraction of sp³-hybridized carbons (Fsp3) is 0.381. The number of phenolic OH excluding ortho intramolecular Hbond substituents is 1. The summed E-state index contributed by atoms with van der Waals surface area (Å²) >= 11 is 0. The Hall–Kier alpha value is -2.53. The van der Waals surface area contributed by atoms with E-state index in [0.717, 1.165) is 29.9 Å². The van der Waals surface area contributed by atoms with Gasteiger partial charge >= 0.3 is 0 Å². The number of amides is 1. The maximum atomic E-state index is 13.2. The molecule has 5 heteroatoms. The van der Waals surface area contributed by atoms with Crippen molar-refractivity contribution in [2.24, 2.45) is 0 Å². The molecule has 1 unspecified atom stereocenters. The van der Waals surface area contributed by atoms with Crippen molar-refractivity contribution in [2.75, 3.05) is 45.2 Å². The summed E-state index contributed by atoms with van der Waals surface area (Å²) in [6.45, 7) is 4.95. The maximum absolute atomic E-state index is 13.2. The van der Waals surface area contributed by atoms with E-state index in [1.165, 1.54) is 0 Å². The topological polar surface area (TPSA) is 47.0 Å². The zero-order chi connectivity index (χ0) is 18.7. The van der Waals surface area contributed by atoms with Crippen molar-refractivity contribution >= 4 is 11.6 Å². The summed E-state index contributed by atoms with van der Waals surface area (Å²) in [4.78, 5) is 19.3. The third-order valence-electron chi connectivity index (χ3n) is 4.89. The molecule has 138 valence electrons. The van der Waals surface area contributed by atoms with Crippen LogP contribution in [0.25, 0.3) is 0 Å². The molecule has 1 amide bonds. The largest absolute Gasteiger partial charge is 0.508 e. The van der Waals surface area contributed by atoms with Gasteiger partial charge in [-0.1, -0.05) is 35.9 Å².